The van der Waals surface area contributed by atoms with Gasteiger partial charge in [-0.3, -0.25) is 4.79 Å². The number of ether oxygens (including phenoxy) is 1. The van der Waals surface area contributed by atoms with E-state index in [1.807, 2.05) is 32.0 Å². The predicted molar refractivity (Wildman–Crippen MR) is 109 cm³/mol. The minimum Gasteiger partial charge on any atom is -0.406 e. The number of rotatable bonds is 6. The smallest absolute Gasteiger partial charge is 0.406 e. The molecule has 156 valence electrons. The van der Waals surface area contributed by atoms with Crippen molar-refractivity contribution in [1.82, 2.24) is 10.2 Å². The van der Waals surface area contributed by atoms with E-state index in [4.69, 9.17) is 0 Å². The van der Waals surface area contributed by atoms with E-state index in [9.17, 15) is 18.0 Å². The number of carbonyl (C=O) groups is 1. The van der Waals surface area contributed by atoms with E-state index >= 15 is 0 Å². The Labute approximate surface area is 175 Å². The molecule has 0 saturated heterocycles. The minimum absolute atomic E-state index is 0.0817. The summed E-state index contributed by atoms with van der Waals surface area (Å²) in [7, 11) is 0. The molecule has 0 atom stereocenters. The van der Waals surface area contributed by atoms with Gasteiger partial charge in [-0.1, -0.05) is 35.5 Å². The first kappa shape index (κ1) is 21.6. The van der Waals surface area contributed by atoms with Crippen LogP contribution < -0.4 is 10.1 Å². The first-order valence-electron chi connectivity index (χ1n) is 8.89. The summed E-state index contributed by atoms with van der Waals surface area (Å²) in [5, 5.41) is 11.6. The van der Waals surface area contributed by atoms with Gasteiger partial charge in [0, 0.05) is 11.3 Å². The SMILES string of the molecule is Cc1ccc(-c2ccc(SCC(=O)Nc3ccc(OC(F)(F)F)cc3)nn2)c(C)c1. The van der Waals surface area contributed by atoms with Gasteiger partial charge in [-0.25, -0.2) is 0 Å². The highest BCUT2D eigenvalue weighted by Crippen LogP contribution is 2.25. The van der Waals surface area contributed by atoms with Gasteiger partial charge in [-0.05, 0) is 55.8 Å². The first-order chi connectivity index (χ1) is 14.2. The van der Waals surface area contributed by atoms with E-state index < -0.39 is 6.36 Å². The van der Waals surface area contributed by atoms with Crippen LogP contribution in [0.15, 0.2) is 59.6 Å². The highest BCUT2D eigenvalue weighted by Gasteiger charge is 2.30. The lowest BCUT2D eigenvalue weighted by Crippen LogP contribution is -2.17. The molecule has 0 aliphatic carbocycles. The number of thioether (sulfide) groups is 1. The molecule has 30 heavy (non-hydrogen) atoms. The second kappa shape index (κ2) is 9.17. The van der Waals surface area contributed by atoms with Crippen molar-refractivity contribution in [3.8, 4) is 17.0 Å². The second-order valence-electron chi connectivity index (χ2n) is 6.48. The third-order valence-corrected chi connectivity index (χ3v) is 4.94. The van der Waals surface area contributed by atoms with Gasteiger partial charge >= 0.3 is 6.36 Å². The lowest BCUT2D eigenvalue weighted by Gasteiger charge is -2.10. The zero-order chi connectivity index (χ0) is 21.7. The summed E-state index contributed by atoms with van der Waals surface area (Å²) in [6.07, 6.45) is -4.75. The Morgan fingerprint density at radius 2 is 1.77 bits per heavy atom. The summed E-state index contributed by atoms with van der Waals surface area (Å²) in [4.78, 5) is 12.1. The van der Waals surface area contributed by atoms with Crippen LogP contribution in [0.3, 0.4) is 0 Å². The van der Waals surface area contributed by atoms with Crippen LogP contribution in [-0.4, -0.2) is 28.2 Å². The Balaban J connectivity index is 1.53. The molecule has 1 N–H and O–H groups in total. The Hall–Kier alpha value is -3.07. The molecular formula is C21H18F3N3O2S. The quantitative estimate of drug-likeness (QED) is 0.528. The highest BCUT2D eigenvalue weighted by molar-refractivity contribution is 7.99. The Morgan fingerprint density at radius 3 is 2.37 bits per heavy atom. The van der Waals surface area contributed by atoms with Crippen molar-refractivity contribution >= 4 is 23.4 Å². The molecule has 2 aromatic carbocycles. The van der Waals surface area contributed by atoms with Crippen LogP contribution in [0, 0.1) is 13.8 Å². The van der Waals surface area contributed by atoms with E-state index in [-0.39, 0.29) is 17.4 Å². The molecule has 1 amide bonds. The predicted octanol–water partition coefficient (Wildman–Crippen LogP) is 5.39. The van der Waals surface area contributed by atoms with E-state index in [0.29, 0.717) is 10.7 Å². The fourth-order valence-electron chi connectivity index (χ4n) is 2.72. The second-order valence-corrected chi connectivity index (χ2v) is 7.48. The van der Waals surface area contributed by atoms with Crippen LogP contribution >= 0.6 is 11.8 Å². The van der Waals surface area contributed by atoms with Gasteiger partial charge in [0.25, 0.3) is 0 Å². The number of nitrogens with zero attached hydrogens (tertiary/aromatic N) is 2. The number of amides is 1. The topological polar surface area (TPSA) is 64.1 Å². The van der Waals surface area contributed by atoms with Gasteiger partial charge in [0.15, 0.2) is 0 Å². The zero-order valence-electron chi connectivity index (χ0n) is 16.2. The summed E-state index contributed by atoms with van der Waals surface area (Å²) >= 11 is 1.21. The maximum absolute atomic E-state index is 12.2. The van der Waals surface area contributed by atoms with E-state index in [0.717, 1.165) is 29.0 Å². The van der Waals surface area contributed by atoms with Crippen molar-refractivity contribution in [2.45, 2.75) is 25.2 Å². The maximum atomic E-state index is 12.2. The molecule has 0 aliphatic heterocycles. The van der Waals surface area contributed by atoms with Crippen molar-refractivity contribution in [2.75, 3.05) is 11.1 Å². The number of carbonyl (C=O) groups excluding carboxylic acids is 1. The number of hydrogen-bond acceptors (Lipinski definition) is 5. The fourth-order valence-corrected chi connectivity index (χ4v) is 3.33. The fraction of sp³-hybridized carbons (Fsp3) is 0.190. The highest BCUT2D eigenvalue weighted by atomic mass is 32.2. The summed E-state index contributed by atoms with van der Waals surface area (Å²) in [6, 6.07) is 14.7. The van der Waals surface area contributed by atoms with Crippen molar-refractivity contribution in [3.05, 3.63) is 65.7 Å². The maximum Gasteiger partial charge on any atom is 0.573 e. The number of benzene rings is 2. The van der Waals surface area contributed by atoms with Gasteiger partial charge in [0.05, 0.1) is 11.4 Å². The summed E-state index contributed by atoms with van der Waals surface area (Å²) < 4.78 is 40.3. The van der Waals surface area contributed by atoms with Gasteiger partial charge < -0.3 is 10.1 Å². The van der Waals surface area contributed by atoms with E-state index in [2.05, 4.69) is 26.3 Å². The van der Waals surface area contributed by atoms with Crippen molar-refractivity contribution in [3.63, 3.8) is 0 Å². The Bertz CT molecular complexity index is 1020. The number of aryl methyl sites for hydroxylation is 2. The summed E-state index contributed by atoms with van der Waals surface area (Å²) in [5.41, 5.74) is 4.40. The number of hydrogen-bond donors (Lipinski definition) is 1. The molecule has 3 rings (SSSR count). The standard InChI is InChI=1S/C21H18F3N3O2S/c1-13-3-8-17(14(2)11-13)18-9-10-20(27-26-18)30-12-19(28)25-15-4-6-16(7-5-15)29-21(22,23)24/h3-11H,12H2,1-2H3,(H,25,28). The molecule has 1 heterocycles. The molecule has 1 aromatic heterocycles. The van der Waals surface area contributed by atoms with Crippen LogP contribution in [0.5, 0.6) is 5.75 Å². The Kier molecular flexibility index (Phi) is 6.61. The van der Waals surface area contributed by atoms with Crippen LogP contribution in [0.2, 0.25) is 0 Å². The molecule has 0 radical (unpaired) electrons. The molecule has 9 heteroatoms. The molecule has 0 bridgehead atoms. The molecule has 0 saturated carbocycles. The monoisotopic (exact) mass is 433 g/mol. The van der Waals surface area contributed by atoms with Crippen molar-refractivity contribution < 1.29 is 22.7 Å². The molecule has 5 nitrogen and oxygen atoms in total. The third kappa shape index (κ3) is 6.21. The van der Waals surface area contributed by atoms with E-state index in [1.54, 1.807) is 6.07 Å². The summed E-state index contributed by atoms with van der Waals surface area (Å²) in [6.45, 7) is 4.04. The molecule has 3 aromatic rings. The van der Waals surface area contributed by atoms with Crippen LogP contribution in [-0.2, 0) is 4.79 Å². The van der Waals surface area contributed by atoms with E-state index in [1.165, 1.54) is 29.5 Å². The number of nitrogens with one attached hydrogen (secondary N) is 1. The van der Waals surface area contributed by atoms with Crippen molar-refractivity contribution in [1.29, 1.82) is 0 Å². The van der Waals surface area contributed by atoms with Crippen LogP contribution in [0.4, 0.5) is 18.9 Å². The molecule has 0 fully saturated rings. The van der Waals surface area contributed by atoms with Crippen molar-refractivity contribution in [2.24, 2.45) is 0 Å². The third-order valence-electron chi connectivity index (χ3n) is 4.02. The Morgan fingerprint density at radius 1 is 1.03 bits per heavy atom. The molecule has 0 aliphatic rings. The molecular weight excluding hydrogens is 415 g/mol. The normalized spacial score (nSPS) is 11.2. The van der Waals surface area contributed by atoms with Gasteiger partial charge in [-0.15, -0.1) is 23.4 Å². The average Bonchev–Trinajstić information content (AvgIpc) is 2.67. The van der Waals surface area contributed by atoms with Gasteiger partial charge in [-0.2, -0.15) is 0 Å². The minimum atomic E-state index is -4.75. The average molecular weight is 433 g/mol. The van der Waals surface area contributed by atoms with Crippen LogP contribution in [0.25, 0.3) is 11.3 Å². The first-order valence-corrected chi connectivity index (χ1v) is 9.88. The molecule has 0 unspecified atom stereocenters. The lowest BCUT2D eigenvalue weighted by atomic mass is 10.0. The zero-order valence-corrected chi connectivity index (χ0v) is 17.0. The largest absolute Gasteiger partial charge is 0.573 e. The molecule has 0 spiro atoms. The number of alkyl halides is 3. The lowest BCUT2D eigenvalue weighted by molar-refractivity contribution is -0.274. The summed E-state index contributed by atoms with van der Waals surface area (Å²) in [5.74, 6) is -0.586. The number of aromatic nitrogens is 2. The number of halogens is 3. The number of anilines is 1. The van der Waals surface area contributed by atoms with Crippen LogP contribution in [0.1, 0.15) is 11.1 Å². The van der Waals surface area contributed by atoms with Gasteiger partial charge in [0.2, 0.25) is 5.91 Å². The van der Waals surface area contributed by atoms with Gasteiger partial charge in [0.1, 0.15) is 10.8 Å².